The van der Waals surface area contributed by atoms with Crippen molar-refractivity contribution in [1.82, 2.24) is 14.7 Å². The normalized spacial score (nSPS) is 21.4. The van der Waals surface area contributed by atoms with Gasteiger partial charge in [0.15, 0.2) is 0 Å². The first-order valence-electron chi connectivity index (χ1n) is 12.6. The highest BCUT2D eigenvalue weighted by molar-refractivity contribution is 5.96. The van der Waals surface area contributed by atoms with Crippen LogP contribution in [0.15, 0.2) is 54.6 Å². The van der Waals surface area contributed by atoms with Gasteiger partial charge in [0.05, 0.1) is 6.61 Å². The second kappa shape index (κ2) is 11.5. The maximum Gasteiger partial charge on any atom is 0.254 e. The van der Waals surface area contributed by atoms with Gasteiger partial charge in [0.1, 0.15) is 5.75 Å². The molecule has 2 aromatic carbocycles. The van der Waals surface area contributed by atoms with Crippen LogP contribution in [-0.2, 0) is 0 Å². The largest absolute Gasteiger partial charge is 0.494 e. The molecule has 4 rings (SSSR count). The molecule has 0 bridgehead atoms. The van der Waals surface area contributed by atoms with E-state index in [0.717, 1.165) is 18.7 Å². The van der Waals surface area contributed by atoms with Crippen molar-refractivity contribution >= 4 is 11.8 Å². The zero-order chi connectivity index (χ0) is 23.9. The number of piperazine rings is 1. The van der Waals surface area contributed by atoms with Gasteiger partial charge >= 0.3 is 0 Å². The summed E-state index contributed by atoms with van der Waals surface area (Å²) in [7, 11) is 0. The van der Waals surface area contributed by atoms with Gasteiger partial charge in [-0.15, -0.1) is 0 Å². The number of rotatable bonds is 7. The lowest BCUT2D eigenvalue weighted by molar-refractivity contribution is 0.0254. The highest BCUT2D eigenvalue weighted by Crippen LogP contribution is 2.22. The summed E-state index contributed by atoms with van der Waals surface area (Å²) >= 11 is 0. The molecule has 2 aliphatic heterocycles. The molecule has 6 nitrogen and oxygen atoms in total. The van der Waals surface area contributed by atoms with Crippen molar-refractivity contribution in [2.45, 2.75) is 51.6 Å². The highest BCUT2D eigenvalue weighted by atomic mass is 16.5. The van der Waals surface area contributed by atoms with Gasteiger partial charge in [0, 0.05) is 42.8 Å². The Bertz CT molecular complexity index is 929. The molecule has 2 amide bonds. The van der Waals surface area contributed by atoms with Crippen molar-refractivity contribution in [3.05, 3.63) is 65.7 Å². The Kier molecular flexibility index (Phi) is 8.22. The number of likely N-dealkylation sites (tertiary alicyclic amines) is 1. The van der Waals surface area contributed by atoms with E-state index in [1.54, 1.807) is 0 Å². The molecule has 6 heteroatoms. The monoisotopic (exact) mass is 463 g/mol. The first-order valence-corrected chi connectivity index (χ1v) is 12.6. The Hall–Kier alpha value is -2.86. The summed E-state index contributed by atoms with van der Waals surface area (Å²) in [5.41, 5.74) is 1.34. The Morgan fingerprint density at radius 3 is 2.09 bits per heavy atom. The first-order chi connectivity index (χ1) is 16.5. The minimum Gasteiger partial charge on any atom is -0.494 e. The number of hydrogen-bond acceptors (Lipinski definition) is 4. The molecular formula is C28H37N3O3. The number of ether oxygens (including phenoxy) is 1. The van der Waals surface area contributed by atoms with Crippen LogP contribution >= 0.6 is 0 Å². The minimum atomic E-state index is -0.0529. The number of piperidine rings is 1. The Balaban J connectivity index is 1.27. The fourth-order valence-corrected chi connectivity index (χ4v) is 5.16. The van der Waals surface area contributed by atoms with E-state index in [2.05, 4.69) is 4.90 Å². The molecule has 2 fully saturated rings. The molecule has 2 aromatic rings. The summed E-state index contributed by atoms with van der Waals surface area (Å²) in [6, 6.07) is 16.7. The molecule has 2 aliphatic rings. The van der Waals surface area contributed by atoms with Crippen LogP contribution in [-0.4, -0.2) is 77.9 Å². The summed E-state index contributed by atoms with van der Waals surface area (Å²) in [6.07, 6.45) is 5.00. The third-order valence-corrected chi connectivity index (χ3v) is 6.90. The molecule has 2 atom stereocenters. The fraction of sp³-hybridized carbons (Fsp3) is 0.500. The number of nitrogens with zero attached hydrogens (tertiary/aromatic N) is 3. The van der Waals surface area contributed by atoms with E-state index in [0.29, 0.717) is 30.8 Å². The number of hydrogen-bond donors (Lipinski definition) is 0. The zero-order valence-corrected chi connectivity index (χ0v) is 20.5. The van der Waals surface area contributed by atoms with Crippen molar-refractivity contribution in [3.8, 4) is 5.75 Å². The molecule has 0 spiro atoms. The molecule has 0 aromatic heterocycles. The quantitative estimate of drug-likeness (QED) is 0.574. The third kappa shape index (κ3) is 5.98. The summed E-state index contributed by atoms with van der Waals surface area (Å²) in [6.45, 7) is 9.27. The van der Waals surface area contributed by atoms with Gasteiger partial charge in [-0.05, 0) is 82.6 Å². The van der Waals surface area contributed by atoms with Crippen LogP contribution in [0, 0.1) is 0 Å². The van der Waals surface area contributed by atoms with Crippen LogP contribution in [0.4, 0.5) is 0 Å². The van der Waals surface area contributed by atoms with Crippen LogP contribution in [0.25, 0.3) is 0 Å². The van der Waals surface area contributed by atoms with Gasteiger partial charge in [0.25, 0.3) is 11.8 Å². The van der Waals surface area contributed by atoms with Crippen molar-refractivity contribution < 1.29 is 14.3 Å². The van der Waals surface area contributed by atoms with E-state index in [-0.39, 0.29) is 23.9 Å². The topological polar surface area (TPSA) is 53.1 Å². The average molecular weight is 464 g/mol. The second-order valence-corrected chi connectivity index (χ2v) is 9.62. The van der Waals surface area contributed by atoms with Crippen LogP contribution in [0.1, 0.15) is 60.2 Å². The smallest absolute Gasteiger partial charge is 0.254 e. The molecule has 2 saturated heterocycles. The van der Waals surface area contributed by atoms with E-state index < -0.39 is 0 Å². The second-order valence-electron chi connectivity index (χ2n) is 9.62. The summed E-state index contributed by atoms with van der Waals surface area (Å²) < 4.78 is 5.90. The van der Waals surface area contributed by atoms with Crippen molar-refractivity contribution in [2.24, 2.45) is 0 Å². The Labute approximate surface area is 203 Å². The van der Waals surface area contributed by atoms with E-state index in [9.17, 15) is 9.59 Å². The highest BCUT2D eigenvalue weighted by Gasteiger charge is 2.35. The lowest BCUT2D eigenvalue weighted by Gasteiger charge is -2.44. The number of benzene rings is 2. The van der Waals surface area contributed by atoms with Gasteiger partial charge in [-0.1, -0.05) is 24.6 Å². The maximum absolute atomic E-state index is 13.2. The summed E-state index contributed by atoms with van der Waals surface area (Å²) in [5.74, 6) is 0.826. The van der Waals surface area contributed by atoms with E-state index in [1.165, 1.54) is 32.4 Å². The predicted octanol–water partition coefficient (Wildman–Crippen LogP) is 4.32. The average Bonchev–Trinajstić information content (AvgIpc) is 2.87. The number of carbonyl (C=O) groups excluding carboxylic acids is 2. The van der Waals surface area contributed by atoms with E-state index in [4.69, 9.17) is 4.74 Å². The van der Waals surface area contributed by atoms with Gasteiger partial charge in [-0.3, -0.25) is 9.59 Å². The minimum absolute atomic E-state index is 0.00200. The lowest BCUT2D eigenvalue weighted by Crippen LogP contribution is -2.59. The van der Waals surface area contributed by atoms with E-state index >= 15 is 0 Å². The SMILES string of the molecule is CC1CN(C(=O)c2ccc(OCCCN3CCCCC3)cc2)C[C@@H](C)N1C(=O)c1ccccc1. The first kappa shape index (κ1) is 24.3. The number of amides is 2. The van der Waals surface area contributed by atoms with Crippen molar-refractivity contribution in [1.29, 1.82) is 0 Å². The molecule has 0 radical (unpaired) electrons. The third-order valence-electron chi connectivity index (χ3n) is 6.90. The summed E-state index contributed by atoms with van der Waals surface area (Å²) in [4.78, 5) is 32.4. The molecule has 2 heterocycles. The van der Waals surface area contributed by atoms with E-state index in [1.807, 2.05) is 78.2 Å². The molecular weight excluding hydrogens is 426 g/mol. The molecule has 0 aliphatic carbocycles. The standard InChI is InChI=1S/C28H37N3O3/c1-22-20-30(21-23(2)31(22)28(33)24-10-5-3-6-11-24)27(32)25-12-14-26(15-13-25)34-19-9-18-29-16-7-4-8-17-29/h3,5-6,10-15,22-23H,4,7-9,16-21H2,1-2H3/t22-,23?/m1/s1. The lowest BCUT2D eigenvalue weighted by atomic mass is 10.0. The molecule has 34 heavy (non-hydrogen) atoms. The van der Waals surface area contributed by atoms with Gasteiger partial charge < -0.3 is 19.4 Å². The van der Waals surface area contributed by atoms with Gasteiger partial charge in [-0.2, -0.15) is 0 Å². The van der Waals surface area contributed by atoms with Crippen molar-refractivity contribution in [2.75, 3.05) is 39.3 Å². The molecule has 0 saturated carbocycles. The van der Waals surface area contributed by atoms with Crippen LogP contribution < -0.4 is 4.74 Å². The Morgan fingerprint density at radius 1 is 0.824 bits per heavy atom. The summed E-state index contributed by atoms with van der Waals surface area (Å²) in [5, 5.41) is 0. The van der Waals surface area contributed by atoms with Crippen LogP contribution in [0.5, 0.6) is 5.75 Å². The molecule has 1 unspecified atom stereocenters. The zero-order valence-electron chi connectivity index (χ0n) is 20.5. The molecule has 0 N–H and O–H groups in total. The van der Waals surface area contributed by atoms with Gasteiger partial charge in [0.2, 0.25) is 0 Å². The Morgan fingerprint density at radius 2 is 1.44 bits per heavy atom. The van der Waals surface area contributed by atoms with Crippen LogP contribution in [0.3, 0.4) is 0 Å². The fourth-order valence-electron chi connectivity index (χ4n) is 5.16. The maximum atomic E-state index is 13.2. The van der Waals surface area contributed by atoms with Crippen LogP contribution in [0.2, 0.25) is 0 Å². The van der Waals surface area contributed by atoms with Gasteiger partial charge in [-0.25, -0.2) is 0 Å². The number of carbonyl (C=O) groups is 2. The van der Waals surface area contributed by atoms with Crippen molar-refractivity contribution in [3.63, 3.8) is 0 Å². The molecule has 182 valence electrons. The predicted molar refractivity (Wildman–Crippen MR) is 134 cm³/mol.